The first kappa shape index (κ1) is 120. The average Bonchev–Trinajstić information content (AvgIpc) is 1.61. The maximum absolute atomic E-state index is 15.1. The molecule has 24 N–H and O–H groups in total. The van der Waals surface area contributed by atoms with Gasteiger partial charge in [0.1, 0.15) is 97.2 Å². The number of amides is 15. The maximum Gasteiger partial charge on any atom is 0.407 e. The summed E-state index contributed by atoms with van der Waals surface area (Å²) in [4.78, 5) is 307. The van der Waals surface area contributed by atoms with Gasteiger partial charge in [0.05, 0.1) is 48.1 Å². The smallest absolute Gasteiger partial charge is 0.407 e. The van der Waals surface area contributed by atoms with Crippen LogP contribution < -0.4 is 79.8 Å². The van der Waals surface area contributed by atoms with E-state index in [1.165, 1.54) is 50.1 Å². The number of benzene rings is 2. The second kappa shape index (κ2) is 59.4. The van der Waals surface area contributed by atoms with Gasteiger partial charge in [-0.1, -0.05) is 132 Å². The average molecular weight is 2090 g/mol. The van der Waals surface area contributed by atoms with Gasteiger partial charge in [-0.3, -0.25) is 86.3 Å². The lowest BCUT2D eigenvalue weighted by Gasteiger charge is -2.29. The molecule has 148 heavy (non-hydrogen) atoms. The van der Waals surface area contributed by atoms with E-state index in [-0.39, 0.29) is 104 Å². The minimum Gasteiger partial charge on any atom is -0.481 e. The van der Waals surface area contributed by atoms with Gasteiger partial charge in [-0.05, 0) is 122 Å². The molecule has 0 saturated carbocycles. The van der Waals surface area contributed by atoms with Crippen molar-refractivity contribution in [1.29, 1.82) is 0 Å². The first-order chi connectivity index (χ1) is 70.0. The van der Waals surface area contributed by atoms with Crippen LogP contribution in [0.3, 0.4) is 0 Å². The van der Waals surface area contributed by atoms with Crippen molar-refractivity contribution in [3.63, 3.8) is 0 Å². The monoisotopic (exact) mass is 2090 g/mol. The molecular formula is C98H139N23O26S. The lowest BCUT2D eigenvalue weighted by atomic mass is 9.98. The number of thiol groups is 1. The van der Waals surface area contributed by atoms with Gasteiger partial charge in [0.25, 0.3) is 0 Å². The highest BCUT2D eigenvalue weighted by atomic mass is 32.1. The summed E-state index contributed by atoms with van der Waals surface area (Å²) in [5.41, 5.74) is 4.62. The van der Waals surface area contributed by atoms with E-state index in [2.05, 4.69) is 132 Å². The number of carboxylic acids is 5. The standard InChI is InChI=1S/C98H139N23O26S/c1-49(2)29-68(113-89(136)70(31-51(5)6)111-84(131)65(22-26-80(124)125)110-94(141)75(36-56-40-100-46-104-56)119-92(139)73(34-54(11)12)116-96(143)78(44-148)121-98(146)147-43-63-61-19-15-13-17-59(61)60-18-14-16-20-62(60)63)87(134)107-66(23-27-81(126)127)85(132)117-76(37-57-41-101-47-105-57)95(142)115-72(33-53(9)10)91(138)118-74(35-55-39-99-45-103-55)93(140)109-64(21-25-79(122)123)83(130)112-71(32-52(7)8)90(137)114-69(30-50(3)4)88(135)108-67(24-28-82(128)129)86(133)120-77(97(144)145)38-58-42-102-48-106-58/h13-20,39-42,45-54,63-78,148H,21-38,43-44H2,1-12H3,(H,99,103)(H,100,104)(H,101,105)(H,102,106)(H,107,134)(H,108,135)(H,109,140)(H,110,141)(H,111,131)(H,112,130)(H,113,136)(H,114,137)(H,115,142)(H,116,143)(H,117,132)(H,118,138)(H,119,139)(H,120,133)(H,121,146)(H,122,123)(H,124,125)(H,126,127)(H,128,129)(H,144,145)/t64-,65-,66-,67-,68-,69-,70-,71-,72-,73-,74-,75-,76-,77-,78-/m0/s1. The number of rotatable bonds is 65. The zero-order valence-corrected chi connectivity index (χ0v) is 85.5. The number of fused-ring (bicyclic) bond motifs is 3. The third-order valence-corrected chi connectivity index (χ3v) is 24.0. The maximum atomic E-state index is 15.1. The van der Waals surface area contributed by atoms with Crippen molar-refractivity contribution in [3.8, 4) is 11.1 Å². The third-order valence-electron chi connectivity index (χ3n) is 23.7. The molecule has 0 radical (unpaired) electrons. The van der Waals surface area contributed by atoms with Crippen molar-refractivity contribution in [2.45, 2.75) is 295 Å². The summed E-state index contributed by atoms with van der Waals surface area (Å²) >= 11 is 4.33. The van der Waals surface area contributed by atoms with Gasteiger partial charge >= 0.3 is 35.9 Å². The number of carboxylic acid groups (broad SMARTS) is 5. The zero-order valence-electron chi connectivity index (χ0n) is 84.6. The Morgan fingerprint density at radius 2 is 0.486 bits per heavy atom. The molecule has 7 rings (SSSR count). The van der Waals surface area contributed by atoms with E-state index < -0.39 is 297 Å². The molecule has 0 saturated heterocycles. The summed E-state index contributed by atoms with van der Waals surface area (Å²) in [7, 11) is 0. The summed E-state index contributed by atoms with van der Waals surface area (Å²) in [6.07, 6.45) is 1.83. The first-order valence-electron chi connectivity index (χ1n) is 49.0. The van der Waals surface area contributed by atoms with Crippen LogP contribution in [0.2, 0.25) is 0 Å². The molecule has 1 aliphatic carbocycles. The second-order valence-corrected chi connectivity index (χ2v) is 39.3. The number of nitrogens with zero attached hydrogens (tertiary/aromatic N) is 4. The van der Waals surface area contributed by atoms with E-state index >= 15 is 9.59 Å². The van der Waals surface area contributed by atoms with Crippen molar-refractivity contribution >= 4 is 131 Å². The Bertz CT molecular complexity index is 5440. The van der Waals surface area contributed by atoms with E-state index in [0.717, 1.165) is 22.3 Å². The van der Waals surface area contributed by atoms with E-state index in [9.17, 15) is 112 Å². The fraction of sp³-hybridized carbons (Fsp3) is 0.551. The van der Waals surface area contributed by atoms with Crippen molar-refractivity contribution in [2.24, 2.45) is 35.5 Å². The molecule has 50 heteroatoms. The van der Waals surface area contributed by atoms with Gasteiger partial charge in [-0.2, -0.15) is 12.6 Å². The minimum absolute atomic E-state index is 0.0178. The fourth-order valence-electron chi connectivity index (χ4n) is 16.4. The van der Waals surface area contributed by atoms with Crippen LogP contribution in [0.1, 0.15) is 213 Å². The van der Waals surface area contributed by atoms with Crippen LogP contribution in [0.15, 0.2) is 98.6 Å². The zero-order chi connectivity index (χ0) is 109. The van der Waals surface area contributed by atoms with Crippen molar-refractivity contribution in [1.82, 2.24) is 120 Å². The molecule has 15 atom stereocenters. The van der Waals surface area contributed by atoms with Crippen LogP contribution in [0.25, 0.3) is 11.1 Å². The van der Waals surface area contributed by atoms with Crippen molar-refractivity contribution in [3.05, 3.63) is 133 Å². The summed E-state index contributed by atoms with van der Waals surface area (Å²) in [5, 5.41) is 87.9. The highest BCUT2D eigenvalue weighted by Crippen LogP contribution is 2.44. The molecule has 0 bridgehead atoms. The number of hydrogen-bond donors (Lipinski definition) is 25. The molecule has 0 unspecified atom stereocenters. The van der Waals surface area contributed by atoms with Gasteiger partial charge < -0.3 is 130 Å². The molecular weight excluding hydrogens is 1950 g/mol. The fourth-order valence-corrected chi connectivity index (χ4v) is 16.7. The normalized spacial score (nSPS) is 14.7. The van der Waals surface area contributed by atoms with Gasteiger partial charge in [0.2, 0.25) is 82.7 Å². The van der Waals surface area contributed by atoms with Gasteiger partial charge in [-0.25, -0.2) is 29.5 Å². The Hall–Kier alpha value is -15.2. The number of carbonyl (C=O) groups excluding carboxylic acids is 15. The molecule has 6 aromatic rings. The number of H-pyrrole nitrogens is 4. The number of alkyl carbamates (subject to hydrolysis) is 1. The van der Waals surface area contributed by atoms with Gasteiger partial charge in [-0.15, -0.1) is 0 Å². The number of carbonyl (C=O) groups is 20. The minimum atomic E-state index is -1.84. The largest absolute Gasteiger partial charge is 0.481 e. The van der Waals surface area contributed by atoms with Crippen LogP contribution >= 0.6 is 12.6 Å². The molecule has 0 aliphatic heterocycles. The number of hydrogen-bond acceptors (Lipinski definition) is 26. The molecule has 4 heterocycles. The predicted molar refractivity (Wildman–Crippen MR) is 534 cm³/mol. The van der Waals surface area contributed by atoms with E-state index in [0.29, 0.717) is 0 Å². The Morgan fingerprint density at radius 3 is 0.703 bits per heavy atom. The number of aromatic nitrogens is 8. The third kappa shape index (κ3) is 40.3. The first-order valence-corrected chi connectivity index (χ1v) is 49.7. The lowest BCUT2D eigenvalue weighted by molar-refractivity contribution is -0.143. The lowest BCUT2D eigenvalue weighted by Crippen LogP contribution is -2.61. The molecule has 1 aliphatic rings. The van der Waals surface area contributed by atoms with Crippen LogP contribution in [0.4, 0.5) is 4.79 Å². The van der Waals surface area contributed by atoms with Crippen molar-refractivity contribution in [2.75, 3.05) is 12.4 Å². The highest BCUT2D eigenvalue weighted by molar-refractivity contribution is 7.80. The molecule has 0 spiro atoms. The Balaban J connectivity index is 1.07. The quantitative estimate of drug-likeness (QED) is 0.0239. The number of nitrogens with one attached hydrogen (secondary N) is 19. The number of aliphatic carboxylic acids is 5. The van der Waals surface area contributed by atoms with Gasteiger partial charge in [0, 0.05) is 87.8 Å². The van der Waals surface area contributed by atoms with Crippen LogP contribution in [0, 0.1) is 35.5 Å². The SMILES string of the molecule is CC(C)C[C@H](NC(=O)[C@H](CS)NC(=O)OCC1c2ccccc2-c2ccccc21)C(=O)N[C@@H](Cc1c[nH]cn1)C(=O)N[C@@H](CCC(=O)O)C(=O)N[C@@H](CC(C)C)C(=O)N[C@@H](CC(C)C)C(=O)N[C@@H](CCC(=O)O)C(=O)N[C@@H](Cc1c[nH]cn1)C(=O)N[C@@H](CC(C)C)C(=O)N[C@@H](Cc1c[nH]cn1)C(=O)N[C@@H](CCC(=O)O)C(=O)N[C@@H](CC(C)C)C(=O)N[C@@H](CC(C)C)C(=O)N[C@@H](CCC(=O)O)C(=O)N[C@@H](Cc1c[nH]cn1)C(=O)O. The molecule has 49 nitrogen and oxygen atoms in total. The van der Waals surface area contributed by atoms with Crippen LogP contribution in [0.5, 0.6) is 0 Å². The molecule has 15 amide bonds. The number of imidazole rings is 4. The molecule has 2 aromatic carbocycles. The molecule has 808 valence electrons. The van der Waals surface area contributed by atoms with E-state index in [1.54, 1.807) is 83.1 Å². The topological polar surface area (TPSA) is 747 Å². The second-order valence-electron chi connectivity index (χ2n) is 39.0. The van der Waals surface area contributed by atoms with Crippen molar-refractivity contribution < 1.29 is 126 Å². The van der Waals surface area contributed by atoms with Crippen LogP contribution in [-0.4, -0.2) is 287 Å². The Morgan fingerprint density at radius 1 is 0.284 bits per heavy atom. The number of ether oxygens (including phenoxy) is 1. The molecule has 4 aromatic heterocycles. The van der Waals surface area contributed by atoms with E-state index in [1.807, 2.05) is 48.5 Å². The number of aromatic amines is 4. The summed E-state index contributed by atoms with van der Waals surface area (Å²) in [5.74, 6) is -24.7. The Kier molecular flexibility index (Phi) is 48.1. The van der Waals surface area contributed by atoms with Crippen LogP contribution in [-0.2, 0) is 122 Å². The molecule has 0 fully saturated rings. The van der Waals surface area contributed by atoms with Gasteiger partial charge in [0.15, 0.2) is 0 Å². The summed E-state index contributed by atoms with van der Waals surface area (Å²) < 4.78 is 5.70. The highest BCUT2D eigenvalue weighted by Gasteiger charge is 2.42. The summed E-state index contributed by atoms with van der Waals surface area (Å²) in [6.45, 7) is 20.2. The summed E-state index contributed by atoms with van der Waals surface area (Å²) in [6, 6.07) is -8.96. The predicted octanol–water partition coefficient (Wildman–Crippen LogP) is 1.29. The van der Waals surface area contributed by atoms with E-state index in [4.69, 9.17) is 4.74 Å². The Labute approximate surface area is 859 Å².